The number of carbonyl (C=O) groups excluding carboxylic acids is 1. The molecule has 1 aromatic carbocycles. The Bertz CT molecular complexity index is 1170. The Morgan fingerprint density at radius 1 is 1.23 bits per heavy atom. The summed E-state index contributed by atoms with van der Waals surface area (Å²) in [5.74, 6) is -1.74. The summed E-state index contributed by atoms with van der Waals surface area (Å²) < 4.78 is 33.5. The molecule has 0 aliphatic carbocycles. The summed E-state index contributed by atoms with van der Waals surface area (Å²) in [7, 11) is 0. The molecule has 0 saturated carbocycles. The molecule has 0 bridgehead atoms. The lowest BCUT2D eigenvalue weighted by Gasteiger charge is -2.26. The number of ether oxygens (including phenoxy) is 1. The van der Waals surface area contributed by atoms with Crippen molar-refractivity contribution in [3.63, 3.8) is 0 Å². The number of hydrogen-bond donors (Lipinski definition) is 3. The van der Waals surface area contributed by atoms with Crippen molar-refractivity contribution in [2.24, 2.45) is 28.5 Å². The average Bonchev–Trinajstić information content (AvgIpc) is 2.96. The standard InChI is InChI=1S/C29H37F2N3O2.C3H8O/c1-7-17(4)19(6)25(15-34-27(18(5)8-2)24(14-32)29(31)33)23(9-3)28(35)21-12-20-13-22(30)10-11-26(20)36-16-21;1-2-3-4/h9-11,13-15,17-18,21,33H,6-8,12,16,32H2,1-5H3;4H,2-3H2,1H3/b23-9+,24-14-,25-15+,33-29?,34-27-;. The third-order valence-electron chi connectivity index (χ3n) is 7.01. The van der Waals surface area contributed by atoms with E-state index in [0.717, 1.165) is 24.6 Å². The number of nitrogens with two attached hydrogens (primary N) is 1. The van der Waals surface area contributed by atoms with Crippen molar-refractivity contribution in [3.05, 3.63) is 76.9 Å². The summed E-state index contributed by atoms with van der Waals surface area (Å²) in [5.41, 5.74) is 8.21. The van der Waals surface area contributed by atoms with Gasteiger partial charge < -0.3 is 15.6 Å². The Hall–Kier alpha value is -3.39. The zero-order valence-electron chi connectivity index (χ0n) is 24.7. The summed E-state index contributed by atoms with van der Waals surface area (Å²) in [6.45, 7) is 16.3. The van der Waals surface area contributed by atoms with E-state index in [1.54, 1.807) is 19.1 Å². The summed E-state index contributed by atoms with van der Waals surface area (Å²) in [6, 6.07) is 4.31. The number of hydrogen-bond acceptors (Lipinski definition) is 6. The van der Waals surface area contributed by atoms with Crippen LogP contribution in [0.25, 0.3) is 0 Å². The lowest BCUT2D eigenvalue weighted by atomic mass is 9.82. The van der Waals surface area contributed by atoms with Gasteiger partial charge in [-0.2, -0.15) is 4.39 Å². The molecule has 0 fully saturated rings. The minimum Gasteiger partial charge on any atom is -0.493 e. The topological polar surface area (TPSA) is 109 Å². The molecule has 40 heavy (non-hydrogen) atoms. The van der Waals surface area contributed by atoms with E-state index < -0.39 is 11.9 Å². The summed E-state index contributed by atoms with van der Waals surface area (Å²) in [6.07, 6.45) is 6.98. The first-order valence-electron chi connectivity index (χ1n) is 13.9. The fourth-order valence-corrected chi connectivity index (χ4v) is 4.08. The highest BCUT2D eigenvalue weighted by Crippen LogP contribution is 2.33. The Kier molecular flexibility index (Phi) is 15.0. The molecule has 220 valence electrons. The average molecular weight is 558 g/mol. The third-order valence-corrected chi connectivity index (χ3v) is 7.01. The van der Waals surface area contributed by atoms with Crippen LogP contribution in [0.1, 0.15) is 66.4 Å². The SMILES string of the molecule is C=C(C(=C\N=C(/C(=C/N)C(=N)F)C(C)CC)/C(=C\C)C(=O)C1COc2ccc(F)cc2C1)C(C)CC.CCCO. The number of rotatable bonds is 12. The maximum Gasteiger partial charge on any atom is 0.216 e. The zero-order chi connectivity index (χ0) is 30.4. The second-order valence-corrected chi connectivity index (χ2v) is 9.85. The zero-order valence-corrected chi connectivity index (χ0v) is 24.7. The van der Waals surface area contributed by atoms with Crippen molar-refractivity contribution in [1.29, 1.82) is 5.41 Å². The van der Waals surface area contributed by atoms with E-state index in [2.05, 4.69) is 11.6 Å². The Morgan fingerprint density at radius 2 is 1.85 bits per heavy atom. The maximum absolute atomic E-state index is 13.9. The van der Waals surface area contributed by atoms with E-state index in [-0.39, 0.29) is 35.6 Å². The summed E-state index contributed by atoms with van der Waals surface area (Å²) in [5, 5.41) is 15.4. The molecule has 8 heteroatoms. The van der Waals surface area contributed by atoms with Crippen LogP contribution in [0.15, 0.2) is 70.5 Å². The molecule has 2 rings (SSSR count). The van der Waals surface area contributed by atoms with Gasteiger partial charge in [0.1, 0.15) is 11.6 Å². The number of allylic oxidation sites excluding steroid dienone is 5. The number of aliphatic imine (C=N–C) groups is 1. The van der Waals surface area contributed by atoms with Gasteiger partial charge in [-0.15, -0.1) is 0 Å². The molecule has 3 unspecified atom stereocenters. The number of halogens is 2. The number of benzene rings is 1. The number of nitrogens with one attached hydrogen (secondary N) is 1. The van der Waals surface area contributed by atoms with Gasteiger partial charge in [0.05, 0.1) is 23.8 Å². The van der Waals surface area contributed by atoms with Gasteiger partial charge in [-0.25, -0.2) is 4.39 Å². The number of Topliss-reactive ketones (excluding diaryl/α,β-unsaturated/α-hetero) is 1. The highest BCUT2D eigenvalue weighted by Gasteiger charge is 2.30. The van der Waals surface area contributed by atoms with E-state index in [1.165, 1.54) is 18.3 Å². The minimum atomic E-state index is -1.17. The molecule has 1 heterocycles. The van der Waals surface area contributed by atoms with E-state index in [9.17, 15) is 13.6 Å². The lowest BCUT2D eigenvalue weighted by molar-refractivity contribution is -0.120. The molecule has 0 radical (unpaired) electrons. The minimum absolute atomic E-state index is 0.0580. The van der Waals surface area contributed by atoms with Crippen LogP contribution < -0.4 is 10.5 Å². The normalized spacial score (nSPS) is 17.6. The molecular weight excluding hydrogens is 512 g/mol. The Balaban J connectivity index is 0.00000187. The molecule has 0 amide bonds. The van der Waals surface area contributed by atoms with Crippen molar-refractivity contribution < 1.29 is 23.4 Å². The molecule has 0 aromatic heterocycles. The molecule has 1 aliphatic rings. The highest BCUT2D eigenvalue weighted by atomic mass is 19.1. The van der Waals surface area contributed by atoms with Gasteiger partial charge in [-0.05, 0) is 73.8 Å². The molecule has 6 nitrogen and oxygen atoms in total. The molecule has 1 aromatic rings. The van der Waals surface area contributed by atoms with Crippen LogP contribution in [-0.4, -0.2) is 35.8 Å². The molecule has 4 N–H and O–H groups in total. The van der Waals surface area contributed by atoms with Crippen molar-refractivity contribution in [1.82, 2.24) is 0 Å². The number of carbonyl (C=O) groups is 1. The Morgan fingerprint density at radius 3 is 2.35 bits per heavy atom. The second kappa shape index (κ2) is 17.3. The predicted octanol–water partition coefficient (Wildman–Crippen LogP) is 7.04. The highest BCUT2D eigenvalue weighted by molar-refractivity contribution is 6.21. The first-order chi connectivity index (χ1) is 19.0. The Labute approximate surface area is 237 Å². The van der Waals surface area contributed by atoms with Crippen LogP contribution in [0.5, 0.6) is 5.75 Å². The first-order valence-corrected chi connectivity index (χ1v) is 13.9. The summed E-state index contributed by atoms with van der Waals surface area (Å²) in [4.78, 5) is 18.3. The van der Waals surface area contributed by atoms with E-state index in [0.29, 0.717) is 47.6 Å². The number of nitrogens with zero attached hydrogens (tertiary/aromatic N) is 1. The van der Waals surface area contributed by atoms with Crippen LogP contribution in [-0.2, 0) is 11.2 Å². The van der Waals surface area contributed by atoms with Gasteiger partial charge >= 0.3 is 0 Å². The van der Waals surface area contributed by atoms with Crippen LogP contribution in [0.4, 0.5) is 8.78 Å². The van der Waals surface area contributed by atoms with Gasteiger partial charge in [0, 0.05) is 30.2 Å². The first kappa shape index (κ1) is 34.6. The predicted molar refractivity (Wildman–Crippen MR) is 160 cm³/mol. The van der Waals surface area contributed by atoms with Crippen molar-refractivity contribution in [3.8, 4) is 5.75 Å². The summed E-state index contributed by atoms with van der Waals surface area (Å²) >= 11 is 0. The fraction of sp³-hybridized carbons (Fsp3) is 0.469. The quantitative estimate of drug-likeness (QED) is 0.145. The van der Waals surface area contributed by atoms with E-state index in [1.807, 2.05) is 34.6 Å². The lowest BCUT2D eigenvalue weighted by Crippen LogP contribution is -2.30. The van der Waals surface area contributed by atoms with Gasteiger partial charge in [-0.3, -0.25) is 15.2 Å². The van der Waals surface area contributed by atoms with E-state index >= 15 is 0 Å². The molecular formula is C32H45F2N3O3. The molecule has 0 saturated heterocycles. The number of aliphatic hydroxyl groups excluding tert-OH is 1. The van der Waals surface area contributed by atoms with Crippen LogP contribution in [0, 0.1) is 29.0 Å². The van der Waals surface area contributed by atoms with Crippen LogP contribution in [0.3, 0.4) is 0 Å². The van der Waals surface area contributed by atoms with Crippen molar-refractivity contribution in [2.45, 2.75) is 67.2 Å². The van der Waals surface area contributed by atoms with Gasteiger partial charge in [0.25, 0.3) is 0 Å². The fourth-order valence-electron chi connectivity index (χ4n) is 4.08. The molecule has 0 spiro atoms. The van der Waals surface area contributed by atoms with Gasteiger partial charge in [0.2, 0.25) is 5.97 Å². The van der Waals surface area contributed by atoms with Gasteiger partial charge in [-0.1, -0.05) is 47.3 Å². The smallest absolute Gasteiger partial charge is 0.216 e. The largest absolute Gasteiger partial charge is 0.493 e. The third kappa shape index (κ3) is 9.37. The van der Waals surface area contributed by atoms with E-state index in [4.69, 9.17) is 21.0 Å². The van der Waals surface area contributed by atoms with Crippen LogP contribution >= 0.6 is 0 Å². The number of aliphatic hydroxyl groups is 1. The van der Waals surface area contributed by atoms with Crippen molar-refractivity contribution in [2.75, 3.05) is 13.2 Å². The number of fused-ring (bicyclic) bond motifs is 1. The number of ketones is 1. The second-order valence-electron chi connectivity index (χ2n) is 9.85. The molecule has 3 atom stereocenters. The maximum atomic E-state index is 13.9. The van der Waals surface area contributed by atoms with Gasteiger partial charge in [0.15, 0.2) is 5.78 Å². The molecule has 1 aliphatic heterocycles. The van der Waals surface area contributed by atoms with Crippen LogP contribution in [0.2, 0.25) is 0 Å². The van der Waals surface area contributed by atoms with Crippen molar-refractivity contribution >= 4 is 17.5 Å². The monoisotopic (exact) mass is 557 g/mol.